The van der Waals surface area contributed by atoms with Gasteiger partial charge in [0.1, 0.15) is 17.7 Å². The number of aliphatic hydroxyl groups excluding tert-OH is 1. The van der Waals surface area contributed by atoms with Crippen molar-refractivity contribution in [2.75, 3.05) is 0 Å². The number of hydrogen-bond donors (Lipinski definition) is 5. The van der Waals surface area contributed by atoms with E-state index in [1.54, 1.807) is 0 Å². The van der Waals surface area contributed by atoms with Gasteiger partial charge in [0, 0.05) is 6.04 Å². The standard InChI is InChI=1S/C14H18N2O5/c15-10(12(18)19)11(17)14(13(20)21)7-6-9(16-14)8-4-2-1-3-5-8/h1-5,9-11,16-17H,6-7,15H2,(H,18,19)(H,20,21)/t9-,10-,11+,14-/m1/s1. The highest BCUT2D eigenvalue weighted by molar-refractivity contribution is 5.83. The molecule has 7 nitrogen and oxygen atoms in total. The zero-order valence-corrected chi connectivity index (χ0v) is 11.3. The predicted molar refractivity (Wildman–Crippen MR) is 73.5 cm³/mol. The molecule has 0 unspecified atom stereocenters. The van der Waals surface area contributed by atoms with E-state index in [0.29, 0.717) is 6.42 Å². The summed E-state index contributed by atoms with van der Waals surface area (Å²) in [4.78, 5) is 22.5. The first-order valence-electron chi connectivity index (χ1n) is 6.61. The molecular formula is C14H18N2O5. The molecule has 0 bridgehead atoms. The number of carboxylic acids is 2. The van der Waals surface area contributed by atoms with Crippen molar-refractivity contribution in [3.05, 3.63) is 35.9 Å². The minimum absolute atomic E-state index is 0.101. The lowest BCUT2D eigenvalue weighted by Gasteiger charge is -2.33. The fourth-order valence-corrected chi connectivity index (χ4v) is 2.73. The van der Waals surface area contributed by atoms with Gasteiger partial charge in [-0.2, -0.15) is 0 Å². The van der Waals surface area contributed by atoms with Gasteiger partial charge < -0.3 is 21.1 Å². The van der Waals surface area contributed by atoms with Crippen molar-refractivity contribution in [1.29, 1.82) is 0 Å². The van der Waals surface area contributed by atoms with Crippen molar-refractivity contribution < 1.29 is 24.9 Å². The maximum absolute atomic E-state index is 11.6. The average molecular weight is 294 g/mol. The van der Waals surface area contributed by atoms with Gasteiger partial charge in [-0.15, -0.1) is 0 Å². The molecule has 0 spiro atoms. The summed E-state index contributed by atoms with van der Waals surface area (Å²) in [6.45, 7) is 0. The Balaban J connectivity index is 2.26. The van der Waals surface area contributed by atoms with E-state index in [1.165, 1.54) is 0 Å². The Kier molecular flexibility index (Phi) is 4.26. The van der Waals surface area contributed by atoms with Crippen molar-refractivity contribution in [1.82, 2.24) is 5.32 Å². The number of aliphatic carboxylic acids is 2. The van der Waals surface area contributed by atoms with E-state index in [0.717, 1.165) is 5.56 Å². The van der Waals surface area contributed by atoms with E-state index < -0.39 is 29.6 Å². The van der Waals surface area contributed by atoms with Crippen LogP contribution in [0.2, 0.25) is 0 Å². The number of nitrogens with one attached hydrogen (secondary N) is 1. The fourth-order valence-electron chi connectivity index (χ4n) is 2.73. The maximum atomic E-state index is 11.6. The molecule has 1 aromatic carbocycles. The van der Waals surface area contributed by atoms with Crippen LogP contribution in [0.3, 0.4) is 0 Å². The molecule has 0 saturated carbocycles. The number of aliphatic hydroxyl groups is 1. The zero-order valence-electron chi connectivity index (χ0n) is 11.3. The molecule has 7 heteroatoms. The molecule has 1 aliphatic heterocycles. The molecule has 4 atom stereocenters. The van der Waals surface area contributed by atoms with Gasteiger partial charge in [0.25, 0.3) is 0 Å². The molecule has 1 fully saturated rings. The molecule has 6 N–H and O–H groups in total. The minimum Gasteiger partial charge on any atom is -0.480 e. The predicted octanol–water partition coefficient (Wildman–Crippen LogP) is -0.293. The third kappa shape index (κ3) is 2.76. The maximum Gasteiger partial charge on any atom is 0.326 e. The van der Waals surface area contributed by atoms with Crippen LogP contribution in [-0.4, -0.2) is 44.9 Å². The second-order valence-corrected chi connectivity index (χ2v) is 5.23. The summed E-state index contributed by atoms with van der Waals surface area (Å²) in [5.41, 5.74) is 4.53. The van der Waals surface area contributed by atoms with Crippen molar-refractivity contribution in [2.45, 2.75) is 36.6 Å². The third-order valence-electron chi connectivity index (χ3n) is 3.97. The van der Waals surface area contributed by atoms with Crippen molar-refractivity contribution >= 4 is 11.9 Å². The van der Waals surface area contributed by atoms with Crippen LogP contribution in [0.25, 0.3) is 0 Å². The van der Waals surface area contributed by atoms with E-state index in [4.69, 9.17) is 10.8 Å². The largest absolute Gasteiger partial charge is 0.480 e. The number of carboxylic acid groups (broad SMARTS) is 2. The van der Waals surface area contributed by atoms with Crippen molar-refractivity contribution in [3.63, 3.8) is 0 Å². The lowest BCUT2D eigenvalue weighted by atomic mass is 9.86. The summed E-state index contributed by atoms with van der Waals surface area (Å²) < 4.78 is 0. The highest BCUT2D eigenvalue weighted by Gasteiger charge is 2.53. The summed E-state index contributed by atoms with van der Waals surface area (Å²) in [7, 11) is 0. The van der Waals surface area contributed by atoms with E-state index in [2.05, 4.69) is 5.32 Å². The van der Waals surface area contributed by atoms with Crippen LogP contribution in [0, 0.1) is 0 Å². The summed E-state index contributed by atoms with van der Waals surface area (Å²) in [5.74, 6) is -2.74. The fraction of sp³-hybridized carbons (Fsp3) is 0.429. The van der Waals surface area contributed by atoms with Crippen molar-refractivity contribution in [3.8, 4) is 0 Å². The number of hydrogen-bond acceptors (Lipinski definition) is 5. The number of nitrogens with two attached hydrogens (primary N) is 1. The molecule has 114 valence electrons. The molecule has 21 heavy (non-hydrogen) atoms. The SMILES string of the molecule is N[C@@H](C(=O)O)[C@H](O)[C@@]1(C(=O)O)CC[C@H](c2ccccc2)N1. The summed E-state index contributed by atoms with van der Waals surface area (Å²) in [5, 5.41) is 31.3. The molecule has 0 aliphatic carbocycles. The molecule has 0 radical (unpaired) electrons. The quantitative estimate of drug-likeness (QED) is 0.504. The first kappa shape index (κ1) is 15.4. The Morgan fingerprint density at radius 1 is 1.29 bits per heavy atom. The summed E-state index contributed by atoms with van der Waals surface area (Å²) in [6.07, 6.45) is -1.15. The van der Waals surface area contributed by atoms with E-state index in [-0.39, 0.29) is 12.5 Å². The molecule has 0 aromatic heterocycles. The molecule has 2 rings (SSSR count). The van der Waals surface area contributed by atoms with E-state index in [9.17, 15) is 19.8 Å². The van der Waals surface area contributed by atoms with E-state index in [1.807, 2.05) is 30.3 Å². The summed E-state index contributed by atoms with van der Waals surface area (Å²) >= 11 is 0. The molecule has 1 saturated heterocycles. The molecule has 1 aliphatic rings. The third-order valence-corrected chi connectivity index (χ3v) is 3.97. The monoisotopic (exact) mass is 294 g/mol. The Hall–Kier alpha value is -1.96. The summed E-state index contributed by atoms with van der Waals surface area (Å²) in [6, 6.07) is 7.27. The van der Waals surface area contributed by atoms with Crippen LogP contribution < -0.4 is 11.1 Å². The van der Waals surface area contributed by atoms with Crippen LogP contribution in [0.4, 0.5) is 0 Å². The number of rotatable bonds is 5. The molecule has 1 aromatic rings. The Bertz CT molecular complexity index is 535. The highest BCUT2D eigenvalue weighted by Crippen LogP contribution is 2.36. The number of carbonyl (C=O) groups is 2. The van der Waals surface area contributed by atoms with E-state index >= 15 is 0 Å². The Morgan fingerprint density at radius 2 is 1.90 bits per heavy atom. The van der Waals surface area contributed by atoms with Gasteiger partial charge >= 0.3 is 11.9 Å². The smallest absolute Gasteiger partial charge is 0.326 e. The van der Waals surface area contributed by atoms with Gasteiger partial charge in [-0.25, -0.2) is 0 Å². The van der Waals surface area contributed by atoms with Gasteiger partial charge in [0.2, 0.25) is 0 Å². The van der Waals surface area contributed by atoms with Crippen LogP contribution >= 0.6 is 0 Å². The van der Waals surface area contributed by atoms with Crippen molar-refractivity contribution in [2.24, 2.45) is 5.73 Å². The molecule has 0 amide bonds. The Labute approximate surface area is 121 Å². The first-order valence-corrected chi connectivity index (χ1v) is 6.61. The van der Waals surface area contributed by atoms with Gasteiger partial charge in [0.15, 0.2) is 0 Å². The normalized spacial score (nSPS) is 28.0. The van der Waals surface area contributed by atoms with Gasteiger partial charge in [-0.05, 0) is 18.4 Å². The van der Waals surface area contributed by atoms with Crippen LogP contribution in [0.1, 0.15) is 24.4 Å². The van der Waals surface area contributed by atoms with Crippen LogP contribution in [0.15, 0.2) is 30.3 Å². The van der Waals surface area contributed by atoms with Gasteiger partial charge in [-0.3, -0.25) is 14.9 Å². The van der Waals surface area contributed by atoms with Crippen LogP contribution in [-0.2, 0) is 9.59 Å². The van der Waals surface area contributed by atoms with Crippen LogP contribution in [0.5, 0.6) is 0 Å². The molecular weight excluding hydrogens is 276 g/mol. The number of benzene rings is 1. The second kappa shape index (κ2) is 5.80. The average Bonchev–Trinajstić information content (AvgIpc) is 2.93. The minimum atomic E-state index is -1.75. The Morgan fingerprint density at radius 3 is 2.43 bits per heavy atom. The lowest BCUT2D eigenvalue weighted by Crippen LogP contribution is -2.64. The highest BCUT2D eigenvalue weighted by atomic mass is 16.4. The zero-order chi connectivity index (χ0) is 15.6. The topological polar surface area (TPSA) is 133 Å². The van der Waals surface area contributed by atoms with Gasteiger partial charge in [-0.1, -0.05) is 30.3 Å². The molecule has 1 heterocycles. The lowest BCUT2D eigenvalue weighted by molar-refractivity contribution is -0.153. The van der Waals surface area contributed by atoms with Gasteiger partial charge in [0.05, 0.1) is 0 Å². The first-order chi connectivity index (χ1) is 9.88. The second-order valence-electron chi connectivity index (χ2n) is 5.23.